The van der Waals surface area contributed by atoms with Crippen molar-refractivity contribution in [2.45, 2.75) is 38.8 Å². The molecule has 1 aliphatic rings. The van der Waals surface area contributed by atoms with Crippen molar-refractivity contribution in [3.05, 3.63) is 95.1 Å². The Kier molecular flexibility index (Phi) is 5.86. The van der Waals surface area contributed by atoms with Crippen LogP contribution in [0, 0.1) is 6.92 Å². The number of furan rings is 1. The Labute approximate surface area is 187 Å². The number of carbonyl (C=O) groups is 2. The zero-order chi connectivity index (χ0) is 22.7. The van der Waals surface area contributed by atoms with Crippen LogP contribution in [0.25, 0.3) is 6.08 Å². The molecule has 32 heavy (non-hydrogen) atoms. The number of rotatable bonds is 5. The van der Waals surface area contributed by atoms with Gasteiger partial charge in [-0.2, -0.15) is 0 Å². The van der Waals surface area contributed by atoms with Gasteiger partial charge < -0.3 is 19.8 Å². The van der Waals surface area contributed by atoms with Gasteiger partial charge in [0.1, 0.15) is 22.8 Å². The Bertz CT molecular complexity index is 1160. The summed E-state index contributed by atoms with van der Waals surface area (Å²) in [4.78, 5) is 26.3. The van der Waals surface area contributed by atoms with Gasteiger partial charge in [-0.05, 0) is 50.6 Å². The molecule has 0 saturated carbocycles. The van der Waals surface area contributed by atoms with E-state index in [9.17, 15) is 9.59 Å². The molecule has 2 heterocycles. The first-order valence-corrected chi connectivity index (χ1v) is 10.5. The molecular formula is C26H26N2O4. The monoisotopic (exact) mass is 430 g/mol. The fourth-order valence-corrected chi connectivity index (χ4v) is 3.86. The molecule has 1 aliphatic heterocycles. The van der Waals surface area contributed by atoms with Gasteiger partial charge in [-0.3, -0.25) is 9.59 Å². The molecule has 4 rings (SSSR count). The molecule has 1 aromatic heterocycles. The van der Waals surface area contributed by atoms with Crippen LogP contribution >= 0.6 is 0 Å². The predicted octanol–water partition coefficient (Wildman–Crippen LogP) is 4.78. The molecule has 0 unspecified atom stereocenters. The maximum Gasteiger partial charge on any atom is 0.268 e. The molecule has 2 N–H and O–H groups in total. The molecule has 6 heteroatoms. The predicted molar refractivity (Wildman–Crippen MR) is 122 cm³/mol. The SMILES string of the molecule is Cc1ccccc1C(=O)N/C(=C\c1ccco1)C(=O)N[C@@H]1CC(C)(C)Oc2ccccc21. The standard InChI is InChI=1S/C26H26N2O4/c1-17-9-4-5-11-19(17)24(29)27-21(15-18-10-8-14-31-18)25(30)28-22-16-26(2,3)32-23-13-7-6-12-20(22)23/h4-15,22H,16H2,1-3H3,(H,27,29)(H,28,30)/b21-15-/t22-/m1/s1. The molecule has 0 aliphatic carbocycles. The van der Waals surface area contributed by atoms with E-state index in [0.29, 0.717) is 17.7 Å². The lowest BCUT2D eigenvalue weighted by Gasteiger charge is -2.38. The van der Waals surface area contributed by atoms with Crippen molar-refractivity contribution in [1.82, 2.24) is 10.6 Å². The number of hydrogen-bond acceptors (Lipinski definition) is 4. The first-order chi connectivity index (χ1) is 15.3. The number of carbonyl (C=O) groups excluding carboxylic acids is 2. The number of para-hydroxylation sites is 1. The van der Waals surface area contributed by atoms with Crippen molar-refractivity contribution in [3.8, 4) is 5.75 Å². The van der Waals surface area contributed by atoms with Crippen LogP contribution in [-0.2, 0) is 4.79 Å². The Morgan fingerprint density at radius 1 is 1.03 bits per heavy atom. The van der Waals surface area contributed by atoms with Crippen LogP contribution in [0.2, 0.25) is 0 Å². The lowest BCUT2D eigenvalue weighted by molar-refractivity contribution is -0.119. The van der Waals surface area contributed by atoms with Crippen molar-refractivity contribution in [1.29, 1.82) is 0 Å². The highest BCUT2D eigenvalue weighted by molar-refractivity contribution is 6.05. The van der Waals surface area contributed by atoms with E-state index in [1.54, 1.807) is 24.3 Å². The molecule has 2 amide bonds. The summed E-state index contributed by atoms with van der Waals surface area (Å²) in [6, 6.07) is 18.1. The van der Waals surface area contributed by atoms with Crippen LogP contribution in [-0.4, -0.2) is 17.4 Å². The fraction of sp³-hybridized carbons (Fsp3) is 0.231. The van der Waals surface area contributed by atoms with Crippen molar-refractivity contribution >= 4 is 17.9 Å². The van der Waals surface area contributed by atoms with Gasteiger partial charge in [0.25, 0.3) is 11.8 Å². The smallest absolute Gasteiger partial charge is 0.268 e. The van der Waals surface area contributed by atoms with Crippen LogP contribution in [0.3, 0.4) is 0 Å². The van der Waals surface area contributed by atoms with Crippen LogP contribution in [0.5, 0.6) is 5.75 Å². The number of ether oxygens (including phenoxy) is 1. The van der Waals surface area contributed by atoms with Gasteiger partial charge >= 0.3 is 0 Å². The first-order valence-electron chi connectivity index (χ1n) is 10.5. The number of nitrogens with one attached hydrogen (secondary N) is 2. The minimum atomic E-state index is -0.443. The number of hydrogen-bond donors (Lipinski definition) is 2. The molecule has 3 aromatic rings. The maximum atomic E-state index is 13.3. The van der Waals surface area contributed by atoms with E-state index in [1.807, 2.05) is 57.2 Å². The van der Waals surface area contributed by atoms with Gasteiger partial charge in [0.15, 0.2) is 0 Å². The van der Waals surface area contributed by atoms with E-state index >= 15 is 0 Å². The summed E-state index contributed by atoms with van der Waals surface area (Å²) < 4.78 is 11.4. The summed E-state index contributed by atoms with van der Waals surface area (Å²) in [7, 11) is 0. The highest BCUT2D eigenvalue weighted by atomic mass is 16.5. The van der Waals surface area contributed by atoms with Gasteiger partial charge in [0, 0.05) is 23.6 Å². The average Bonchev–Trinajstić information content (AvgIpc) is 3.26. The third kappa shape index (κ3) is 4.75. The third-order valence-electron chi connectivity index (χ3n) is 5.39. The highest BCUT2D eigenvalue weighted by Gasteiger charge is 2.35. The Morgan fingerprint density at radius 2 is 1.78 bits per heavy atom. The minimum absolute atomic E-state index is 0.106. The Morgan fingerprint density at radius 3 is 2.53 bits per heavy atom. The van der Waals surface area contributed by atoms with E-state index < -0.39 is 11.5 Å². The fourth-order valence-electron chi connectivity index (χ4n) is 3.86. The first kappa shape index (κ1) is 21.4. The van der Waals surface area contributed by atoms with Gasteiger partial charge in [-0.15, -0.1) is 0 Å². The van der Waals surface area contributed by atoms with E-state index in [2.05, 4.69) is 10.6 Å². The molecule has 0 saturated heterocycles. The average molecular weight is 431 g/mol. The second-order valence-electron chi connectivity index (χ2n) is 8.47. The van der Waals surface area contributed by atoms with E-state index in [4.69, 9.17) is 9.15 Å². The van der Waals surface area contributed by atoms with Crippen molar-refractivity contribution in [3.63, 3.8) is 0 Å². The third-order valence-corrected chi connectivity index (χ3v) is 5.39. The molecule has 0 spiro atoms. The number of benzene rings is 2. The van der Waals surface area contributed by atoms with Crippen LogP contribution in [0.4, 0.5) is 0 Å². The maximum absolute atomic E-state index is 13.3. The second-order valence-corrected chi connectivity index (χ2v) is 8.47. The molecule has 164 valence electrons. The zero-order valence-corrected chi connectivity index (χ0v) is 18.3. The highest BCUT2D eigenvalue weighted by Crippen LogP contribution is 2.39. The van der Waals surface area contributed by atoms with E-state index in [0.717, 1.165) is 16.9 Å². The Hall–Kier alpha value is -3.80. The number of fused-ring (bicyclic) bond motifs is 1. The molecule has 6 nitrogen and oxygen atoms in total. The quantitative estimate of drug-likeness (QED) is 0.571. The van der Waals surface area contributed by atoms with Gasteiger partial charge in [0.05, 0.1) is 12.3 Å². The zero-order valence-electron chi connectivity index (χ0n) is 18.3. The second kappa shape index (κ2) is 8.75. The summed E-state index contributed by atoms with van der Waals surface area (Å²) >= 11 is 0. The molecule has 0 radical (unpaired) electrons. The Balaban J connectivity index is 1.61. The summed E-state index contributed by atoms with van der Waals surface area (Å²) in [6.45, 7) is 5.83. The largest absolute Gasteiger partial charge is 0.487 e. The molecule has 1 atom stereocenters. The molecular weight excluding hydrogens is 404 g/mol. The van der Waals surface area contributed by atoms with Gasteiger partial charge in [-0.25, -0.2) is 0 Å². The summed E-state index contributed by atoms with van der Waals surface area (Å²) in [5, 5.41) is 5.84. The van der Waals surface area contributed by atoms with Crippen LogP contribution in [0.1, 0.15) is 53.6 Å². The lowest BCUT2D eigenvalue weighted by Crippen LogP contribution is -2.43. The topological polar surface area (TPSA) is 80.6 Å². The van der Waals surface area contributed by atoms with Crippen molar-refractivity contribution < 1.29 is 18.7 Å². The van der Waals surface area contributed by atoms with Crippen molar-refractivity contribution in [2.75, 3.05) is 0 Å². The molecule has 0 fully saturated rings. The van der Waals surface area contributed by atoms with Gasteiger partial charge in [-0.1, -0.05) is 36.4 Å². The lowest BCUT2D eigenvalue weighted by atomic mass is 9.89. The molecule has 0 bridgehead atoms. The van der Waals surface area contributed by atoms with E-state index in [1.165, 1.54) is 12.3 Å². The van der Waals surface area contributed by atoms with Crippen LogP contribution in [0.15, 0.2) is 77.0 Å². The molecule has 2 aromatic carbocycles. The number of aryl methyl sites for hydroxylation is 1. The number of amides is 2. The summed E-state index contributed by atoms with van der Waals surface area (Å²) in [6.07, 6.45) is 3.64. The summed E-state index contributed by atoms with van der Waals surface area (Å²) in [5.41, 5.74) is 1.89. The summed E-state index contributed by atoms with van der Waals surface area (Å²) in [5.74, 6) is 0.451. The normalized spacial score (nSPS) is 17.1. The van der Waals surface area contributed by atoms with Gasteiger partial charge in [0.2, 0.25) is 0 Å². The van der Waals surface area contributed by atoms with E-state index in [-0.39, 0.29) is 17.6 Å². The van der Waals surface area contributed by atoms with Crippen molar-refractivity contribution in [2.24, 2.45) is 0 Å². The minimum Gasteiger partial charge on any atom is -0.487 e. The van der Waals surface area contributed by atoms with Crippen LogP contribution < -0.4 is 15.4 Å².